The number of nitro groups is 1. The van der Waals surface area contributed by atoms with Crippen LogP contribution in [0, 0.1) is 16.0 Å². The van der Waals surface area contributed by atoms with E-state index in [9.17, 15) is 10.1 Å². The van der Waals surface area contributed by atoms with Crippen molar-refractivity contribution in [3.63, 3.8) is 0 Å². The van der Waals surface area contributed by atoms with Crippen molar-refractivity contribution in [1.82, 2.24) is 4.98 Å². The van der Waals surface area contributed by atoms with Crippen LogP contribution in [0.4, 0.5) is 11.4 Å². The summed E-state index contributed by atoms with van der Waals surface area (Å²) in [6.45, 7) is 2.27. The standard InChI is InChI=1S/C16H19N3O2/c1-11-4-2-3-5-14(11)18-15-6-7-16(19(20)21)13-10-17-9-8-12(13)15/h6-11,14,18H,2-5H2,1H3. The fourth-order valence-corrected chi connectivity index (χ4v) is 3.19. The van der Waals surface area contributed by atoms with Crippen molar-refractivity contribution in [2.45, 2.75) is 38.6 Å². The molecular formula is C16H19N3O2. The summed E-state index contributed by atoms with van der Waals surface area (Å²) in [6, 6.07) is 5.68. The Morgan fingerprint density at radius 1 is 1.24 bits per heavy atom. The lowest BCUT2D eigenvalue weighted by Crippen LogP contribution is -2.30. The van der Waals surface area contributed by atoms with Crippen molar-refractivity contribution < 1.29 is 4.92 Å². The highest BCUT2D eigenvalue weighted by atomic mass is 16.6. The van der Waals surface area contributed by atoms with E-state index >= 15 is 0 Å². The third-order valence-corrected chi connectivity index (χ3v) is 4.44. The number of benzene rings is 1. The Morgan fingerprint density at radius 2 is 2.05 bits per heavy atom. The summed E-state index contributed by atoms with van der Waals surface area (Å²) in [7, 11) is 0. The van der Waals surface area contributed by atoms with E-state index in [0.29, 0.717) is 17.3 Å². The van der Waals surface area contributed by atoms with Crippen molar-refractivity contribution in [1.29, 1.82) is 0 Å². The number of nitrogens with zero attached hydrogens (tertiary/aromatic N) is 2. The van der Waals surface area contributed by atoms with Crippen LogP contribution in [-0.2, 0) is 0 Å². The molecule has 0 spiro atoms. The van der Waals surface area contributed by atoms with E-state index in [0.717, 1.165) is 17.5 Å². The highest BCUT2D eigenvalue weighted by Crippen LogP contribution is 2.33. The second kappa shape index (κ2) is 5.68. The highest BCUT2D eigenvalue weighted by Gasteiger charge is 2.22. The third-order valence-electron chi connectivity index (χ3n) is 4.44. The van der Waals surface area contributed by atoms with Crippen molar-refractivity contribution in [2.24, 2.45) is 5.92 Å². The number of fused-ring (bicyclic) bond motifs is 1. The van der Waals surface area contributed by atoms with E-state index in [4.69, 9.17) is 0 Å². The van der Waals surface area contributed by atoms with Gasteiger partial charge in [0, 0.05) is 35.6 Å². The highest BCUT2D eigenvalue weighted by molar-refractivity contribution is 5.99. The molecule has 1 saturated carbocycles. The van der Waals surface area contributed by atoms with Crippen molar-refractivity contribution in [3.8, 4) is 0 Å². The van der Waals surface area contributed by atoms with E-state index in [1.807, 2.05) is 12.1 Å². The SMILES string of the molecule is CC1CCCCC1Nc1ccc([N+](=O)[O-])c2cnccc12. The molecule has 21 heavy (non-hydrogen) atoms. The van der Waals surface area contributed by atoms with Gasteiger partial charge in [-0.1, -0.05) is 19.8 Å². The van der Waals surface area contributed by atoms with Crippen molar-refractivity contribution in [2.75, 3.05) is 5.32 Å². The van der Waals surface area contributed by atoms with Gasteiger partial charge < -0.3 is 5.32 Å². The van der Waals surface area contributed by atoms with Gasteiger partial charge in [-0.2, -0.15) is 0 Å². The van der Waals surface area contributed by atoms with Gasteiger partial charge >= 0.3 is 0 Å². The van der Waals surface area contributed by atoms with Gasteiger partial charge in [-0.3, -0.25) is 15.1 Å². The molecule has 2 unspecified atom stereocenters. The lowest BCUT2D eigenvalue weighted by Gasteiger charge is -2.30. The summed E-state index contributed by atoms with van der Waals surface area (Å²) in [5, 5.41) is 16.2. The molecule has 5 nitrogen and oxygen atoms in total. The van der Waals surface area contributed by atoms with Gasteiger partial charge in [0.1, 0.15) is 0 Å². The number of hydrogen-bond donors (Lipinski definition) is 1. The van der Waals surface area contributed by atoms with E-state index in [1.54, 1.807) is 18.5 Å². The molecule has 1 aliphatic carbocycles. The van der Waals surface area contributed by atoms with Crippen LogP contribution >= 0.6 is 0 Å². The number of rotatable bonds is 3. The second-order valence-electron chi connectivity index (χ2n) is 5.82. The Labute approximate surface area is 123 Å². The summed E-state index contributed by atoms with van der Waals surface area (Å²) >= 11 is 0. The Morgan fingerprint density at radius 3 is 2.81 bits per heavy atom. The molecule has 1 heterocycles. The number of nitro benzene ring substituents is 1. The summed E-state index contributed by atoms with van der Waals surface area (Å²) in [4.78, 5) is 14.8. The van der Waals surface area contributed by atoms with Crippen molar-refractivity contribution >= 4 is 22.1 Å². The van der Waals surface area contributed by atoms with Gasteiger partial charge in [0.05, 0.1) is 10.3 Å². The zero-order valence-corrected chi connectivity index (χ0v) is 12.1. The number of anilines is 1. The molecule has 0 bridgehead atoms. The van der Waals surface area contributed by atoms with Gasteiger partial charge in [-0.05, 0) is 30.9 Å². The molecular weight excluding hydrogens is 266 g/mol. The van der Waals surface area contributed by atoms with Crippen LogP contribution in [0.3, 0.4) is 0 Å². The minimum atomic E-state index is -0.350. The topological polar surface area (TPSA) is 68.1 Å². The average molecular weight is 285 g/mol. The van der Waals surface area contributed by atoms with E-state index in [1.165, 1.54) is 19.3 Å². The molecule has 1 N–H and O–H groups in total. The molecule has 1 aliphatic rings. The maximum absolute atomic E-state index is 11.1. The van der Waals surface area contributed by atoms with E-state index in [2.05, 4.69) is 17.2 Å². The van der Waals surface area contributed by atoms with Gasteiger partial charge in [0.15, 0.2) is 0 Å². The molecule has 2 atom stereocenters. The van der Waals surface area contributed by atoms with Gasteiger partial charge in [0.2, 0.25) is 0 Å². The Hall–Kier alpha value is -2.17. The number of nitrogens with one attached hydrogen (secondary N) is 1. The molecule has 1 aromatic carbocycles. The first-order valence-corrected chi connectivity index (χ1v) is 7.44. The molecule has 2 aromatic rings. The average Bonchev–Trinajstić information content (AvgIpc) is 2.49. The minimum absolute atomic E-state index is 0.111. The first-order chi connectivity index (χ1) is 10.2. The summed E-state index contributed by atoms with van der Waals surface area (Å²) in [5.74, 6) is 0.630. The van der Waals surface area contributed by atoms with Gasteiger partial charge in [0.25, 0.3) is 5.69 Å². The molecule has 0 aliphatic heterocycles. The summed E-state index contributed by atoms with van der Waals surface area (Å²) in [6.07, 6.45) is 8.19. The van der Waals surface area contributed by atoms with Crippen LogP contribution in [0.25, 0.3) is 10.8 Å². The predicted molar refractivity (Wildman–Crippen MR) is 83.4 cm³/mol. The molecule has 1 fully saturated rings. The molecule has 110 valence electrons. The van der Waals surface area contributed by atoms with Crippen LogP contribution < -0.4 is 5.32 Å². The first kappa shape index (κ1) is 13.8. The monoisotopic (exact) mass is 285 g/mol. The Kier molecular flexibility index (Phi) is 3.73. The fraction of sp³-hybridized carbons (Fsp3) is 0.438. The van der Waals surface area contributed by atoms with Crippen LogP contribution in [-0.4, -0.2) is 15.9 Å². The third kappa shape index (κ3) is 2.68. The molecule has 5 heteroatoms. The summed E-state index contributed by atoms with van der Waals surface area (Å²) in [5.41, 5.74) is 1.08. The second-order valence-corrected chi connectivity index (χ2v) is 5.82. The molecule has 1 aromatic heterocycles. The zero-order chi connectivity index (χ0) is 14.8. The predicted octanol–water partition coefficient (Wildman–Crippen LogP) is 4.13. The largest absolute Gasteiger partial charge is 0.382 e. The number of hydrogen-bond acceptors (Lipinski definition) is 4. The smallest absolute Gasteiger partial charge is 0.278 e. The Balaban J connectivity index is 1.99. The number of aromatic nitrogens is 1. The quantitative estimate of drug-likeness (QED) is 0.680. The number of pyridine rings is 1. The Bertz CT molecular complexity index is 672. The van der Waals surface area contributed by atoms with Crippen LogP contribution in [0.1, 0.15) is 32.6 Å². The number of non-ortho nitro benzene ring substituents is 1. The lowest BCUT2D eigenvalue weighted by molar-refractivity contribution is -0.383. The van der Waals surface area contributed by atoms with Gasteiger partial charge in [-0.25, -0.2) is 0 Å². The van der Waals surface area contributed by atoms with Crippen LogP contribution in [0.5, 0.6) is 0 Å². The van der Waals surface area contributed by atoms with E-state index in [-0.39, 0.29) is 10.6 Å². The van der Waals surface area contributed by atoms with Gasteiger partial charge in [-0.15, -0.1) is 0 Å². The minimum Gasteiger partial charge on any atom is -0.382 e. The zero-order valence-electron chi connectivity index (χ0n) is 12.1. The van der Waals surface area contributed by atoms with Crippen LogP contribution in [0.15, 0.2) is 30.6 Å². The maximum atomic E-state index is 11.1. The molecule has 0 radical (unpaired) electrons. The first-order valence-electron chi connectivity index (χ1n) is 7.44. The normalized spacial score (nSPS) is 22.1. The molecule has 0 amide bonds. The lowest BCUT2D eigenvalue weighted by atomic mass is 9.85. The maximum Gasteiger partial charge on any atom is 0.278 e. The van der Waals surface area contributed by atoms with E-state index < -0.39 is 0 Å². The molecule has 3 rings (SSSR count). The fourth-order valence-electron chi connectivity index (χ4n) is 3.19. The molecule has 0 saturated heterocycles. The van der Waals surface area contributed by atoms with Crippen molar-refractivity contribution in [3.05, 3.63) is 40.7 Å². The summed E-state index contributed by atoms with van der Waals surface area (Å²) < 4.78 is 0. The van der Waals surface area contributed by atoms with Crippen LogP contribution in [0.2, 0.25) is 0 Å².